The van der Waals surface area contributed by atoms with E-state index in [0.717, 1.165) is 19.6 Å². The molecule has 2 saturated heterocycles. The van der Waals surface area contributed by atoms with E-state index in [2.05, 4.69) is 0 Å². The van der Waals surface area contributed by atoms with Crippen LogP contribution in [-0.4, -0.2) is 57.5 Å². The summed E-state index contributed by atoms with van der Waals surface area (Å²) in [5, 5.41) is 11.5. The van der Waals surface area contributed by atoms with Crippen molar-refractivity contribution in [3.63, 3.8) is 0 Å². The number of carboxylic acid groups (broad SMARTS) is 1. The number of hydrogen-bond acceptors (Lipinski definition) is 6. The van der Waals surface area contributed by atoms with Gasteiger partial charge in [-0.3, -0.25) is 9.69 Å². The van der Waals surface area contributed by atoms with Crippen LogP contribution in [0.1, 0.15) is 6.42 Å². The zero-order chi connectivity index (χ0) is 15.0. The number of nitrogens with two attached hydrogens (primary N) is 1. The molecule has 3 N–H and O–H groups in total. The number of thioether (sulfide) groups is 2. The summed E-state index contributed by atoms with van der Waals surface area (Å²) < 4.78 is 5.29. The molecule has 6 nitrogen and oxygen atoms in total. The number of β-lactam (4-membered cyclic amide) rings is 1. The zero-order valence-electron chi connectivity index (χ0n) is 11.2. The Kier molecular flexibility index (Phi) is 4.30. The molecule has 3 rings (SSSR count). The third-order valence-electron chi connectivity index (χ3n) is 3.67. The van der Waals surface area contributed by atoms with Crippen molar-refractivity contribution in [1.29, 1.82) is 0 Å². The molecular formula is C13H16N2O4S2. The zero-order valence-corrected chi connectivity index (χ0v) is 12.9. The number of carbonyl (C=O) groups is 2. The van der Waals surface area contributed by atoms with E-state index in [-0.39, 0.29) is 17.0 Å². The van der Waals surface area contributed by atoms with E-state index in [1.165, 1.54) is 16.7 Å². The number of amides is 1. The molecule has 0 spiro atoms. The molecule has 3 aliphatic rings. The number of ether oxygens (including phenoxy) is 1. The lowest BCUT2D eigenvalue weighted by molar-refractivity contribution is -0.147. The third kappa shape index (κ3) is 2.73. The van der Waals surface area contributed by atoms with Crippen molar-refractivity contribution >= 4 is 35.4 Å². The quantitative estimate of drug-likeness (QED) is 0.730. The molecule has 1 amide bonds. The Bertz CT molecular complexity index is 528. The number of aliphatic carboxylic acids is 1. The van der Waals surface area contributed by atoms with Gasteiger partial charge in [-0.1, -0.05) is 0 Å². The number of carbonyl (C=O) groups excluding carboxylic acids is 1. The summed E-state index contributed by atoms with van der Waals surface area (Å²) in [5.41, 5.74) is 6.44. The van der Waals surface area contributed by atoms with Crippen LogP contribution in [-0.2, 0) is 14.3 Å². The molecule has 0 radical (unpaired) electrons. The lowest BCUT2D eigenvalue weighted by Crippen LogP contribution is -2.68. The average molecular weight is 328 g/mol. The SMILES string of the molecule is N[C@@H]1C(=O)N2C(C(=O)O)=C(/C=C/SC3CCOC3)CS[C@H]12. The van der Waals surface area contributed by atoms with Gasteiger partial charge >= 0.3 is 5.97 Å². The Morgan fingerprint density at radius 3 is 3.05 bits per heavy atom. The normalized spacial score (nSPS) is 32.5. The van der Waals surface area contributed by atoms with Crippen molar-refractivity contribution < 1.29 is 19.4 Å². The molecule has 0 aliphatic carbocycles. The van der Waals surface area contributed by atoms with Crippen molar-refractivity contribution in [3.05, 3.63) is 22.8 Å². The van der Waals surface area contributed by atoms with Gasteiger partial charge in [-0.2, -0.15) is 0 Å². The molecule has 0 bridgehead atoms. The molecule has 2 fully saturated rings. The van der Waals surface area contributed by atoms with E-state index in [1.54, 1.807) is 17.8 Å². The summed E-state index contributed by atoms with van der Waals surface area (Å²) in [5.74, 6) is -0.830. The number of fused-ring (bicyclic) bond motifs is 1. The number of hydrogen-bond donors (Lipinski definition) is 2. The van der Waals surface area contributed by atoms with Crippen LogP contribution in [0.5, 0.6) is 0 Å². The van der Waals surface area contributed by atoms with Crippen LogP contribution in [0.25, 0.3) is 0 Å². The van der Waals surface area contributed by atoms with Crippen molar-refractivity contribution in [2.75, 3.05) is 19.0 Å². The van der Waals surface area contributed by atoms with E-state index in [1.807, 2.05) is 5.41 Å². The Balaban J connectivity index is 1.76. The van der Waals surface area contributed by atoms with Gasteiger partial charge in [0, 0.05) is 17.6 Å². The summed E-state index contributed by atoms with van der Waals surface area (Å²) in [7, 11) is 0. The number of carboxylic acids is 1. The molecule has 3 atom stereocenters. The second-order valence-corrected chi connectivity index (χ2v) is 7.36. The maximum Gasteiger partial charge on any atom is 0.352 e. The van der Waals surface area contributed by atoms with Crippen LogP contribution < -0.4 is 5.73 Å². The van der Waals surface area contributed by atoms with Crippen LogP contribution in [0.3, 0.4) is 0 Å². The van der Waals surface area contributed by atoms with Gasteiger partial charge in [0.25, 0.3) is 0 Å². The Morgan fingerprint density at radius 1 is 1.57 bits per heavy atom. The molecule has 0 aromatic heterocycles. The third-order valence-corrected chi connectivity index (χ3v) is 6.04. The van der Waals surface area contributed by atoms with Gasteiger partial charge in [0.2, 0.25) is 5.91 Å². The lowest BCUT2D eigenvalue weighted by Gasteiger charge is -2.47. The minimum absolute atomic E-state index is 0.0740. The topological polar surface area (TPSA) is 92.9 Å². The van der Waals surface area contributed by atoms with E-state index in [9.17, 15) is 14.7 Å². The van der Waals surface area contributed by atoms with Crippen molar-refractivity contribution in [2.45, 2.75) is 23.1 Å². The highest BCUT2D eigenvalue weighted by molar-refractivity contribution is 8.02. The standard InChI is InChI=1S/C13H16N2O4S2/c14-9-11(16)15-10(13(17)18)7(6-21-12(9)15)2-4-20-8-1-3-19-5-8/h2,4,8-9,12H,1,3,5-6,14H2,(H,17,18)/b4-2+/t8?,9-,12-/m1/s1. The minimum Gasteiger partial charge on any atom is -0.477 e. The average Bonchev–Trinajstić information content (AvgIpc) is 2.98. The van der Waals surface area contributed by atoms with Crippen molar-refractivity contribution in [3.8, 4) is 0 Å². The van der Waals surface area contributed by atoms with Gasteiger partial charge in [-0.05, 0) is 23.5 Å². The summed E-state index contributed by atoms with van der Waals surface area (Å²) in [6.07, 6.45) is 2.81. The highest BCUT2D eigenvalue weighted by Crippen LogP contribution is 2.40. The lowest BCUT2D eigenvalue weighted by atomic mass is 10.0. The highest BCUT2D eigenvalue weighted by Gasteiger charge is 2.51. The molecule has 8 heteroatoms. The molecule has 0 aromatic rings. The van der Waals surface area contributed by atoms with Gasteiger partial charge < -0.3 is 15.6 Å². The first-order valence-corrected chi connectivity index (χ1v) is 8.65. The van der Waals surface area contributed by atoms with Crippen LogP contribution in [0.4, 0.5) is 0 Å². The second kappa shape index (κ2) is 6.04. The molecular weight excluding hydrogens is 312 g/mol. The fourth-order valence-electron chi connectivity index (χ4n) is 2.52. The van der Waals surface area contributed by atoms with Crippen LogP contribution in [0, 0.1) is 0 Å². The Morgan fingerprint density at radius 2 is 2.38 bits per heavy atom. The first-order chi connectivity index (χ1) is 10.1. The first kappa shape index (κ1) is 15.0. The van der Waals surface area contributed by atoms with E-state index in [0.29, 0.717) is 16.6 Å². The number of rotatable bonds is 4. The maximum absolute atomic E-state index is 11.8. The van der Waals surface area contributed by atoms with Gasteiger partial charge in [-0.15, -0.1) is 23.5 Å². The van der Waals surface area contributed by atoms with Crippen LogP contribution in [0.2, 0.25) is 0 Å². The first-order valence-electron chi connectivity index (χ1n) is 6.66. The second-order valence-electron chi connectivity index (χ2n) is 5.04. The Hall–Kier alpha value is -0.960. The van der Waals surface area contributed by atoms with Crippen molar-refractivity contribution in [2.24, 2.45) is 5.73 Å². The van der Waals surface area contributed by atoms with Crippen molar-refractivity contribution in [1.82, 2.24) is 4.90 Å². The van der Waals surface area contributed by atoms with Gasteiger partial charge in [0.05, 0.1) is 6.61 Å². The molecule has 0 saturated carbocycles. The number of nitrogens with zero attached hydrogens (tertiary/aromatic N) is 1. The smallest absolute Gasteiger partial charge is 0.352 e. The van der Waals surface area contributed by atoms with Gasteiger partial charge in [0.1, 0.15) is 17.1 Å². The number of allylic oxidation sites excluding steroid dienone is 1. The highest BCUT2D eigenvalue weighted by atomic mass is 32.2. The predicted octanol–water partition coefficient (Wildman–Crippen LogP) is 0.603. The van der Waals surface area contributed by atoms with Crippen LogP contribution in [0.15, 0.2) is 22.8 Å². The molecule has 114 valence electrons. The molecule has 1 unspecified atom stereocenters. The summed E-state index contributed by atoms with van der Waals surface area (Å²) in [6.45, 7) is 1.52. The maximum atomic E-state index is 11.8. The molecule has 3 heterocycles. The fraction of sp³-hybridized carbons (Fsp3) is 0.538. The summed E-state index contributed by atoms with van der Waals surface area (Å²) >= 11 is 3.15. The van der Waals surface area contributed by atoms with E-state index < -0.39 is 12.0 Å². The summed E-state index contributed by atoms with van der Waals surface area (Å²) in [4.78, 5) is 24.6. The predicted molar refractivity (Wildman–Crippen MR) is 81.7 cm³/mol. The largest absolute Gasteiger partial charge is 0.477 e. The summed E-state index contributed by atoms with van der Waals surface area (Å²) in [6, 6.07) is -0.583. The van der Waals surface area contributed by atoms with Crippen LogP contribution >= 0.6 is 23.5 Å². The van der Waals surface area contributed by atoms with Gasteiger partial charge in [-0.25, -0.2) is 4.79 Å². The molecule has 0 aromatic carbocycles. The fourth-order valence-corrected chi connectivity index (χ4v) is 4.66. The molecule has 21 heavy (non-hydrogen) atoms. The van der Waals surface area contributed by atoms with E-state index in [4.69, 9.17) is 10.5 Å². The minimum atomic E-state index is -1.07. The monoisotopic (exact) mass is 328 g/mol. The van der Waals surface area contributed by atoms with E-state index >= 15 is 0 Å². The molecule has 3 aliphatic heterocycles. The van der Waals surface area contributed by atoms with Gasteiger partial charge in [0.15, 0.2) is 0 Å². The Labute approximate surface area is 130 Å².